The van der Waals surface area contributed by atoms with Gasteiger partial charge in [0.15, 0.2) is 0 Å². The smallest absolute Gasteiger partial charge is 0.227 e. The highest BCUT2D eigenvalue weighted by Gasteiger charge is 2.31. The predicted molar refractivity (Wildman–Crippen MR) is 92.9 cm³/mol. The highest BCUT2D eigenvalue weighted by Crippen LogP contribution is 2.28. The normalized spacial score (nSPS) is 26.2. The van der Waals surface area contributed by atoms with E-state index in [0.29, 0.717) is 31.5 Å². The summed E-state index contributed by atoms with van der Waals surface area (Å²) in [4.78, 5) is 28.7. The third-order valence-corrected chi connectivity index (χ3v) is 5.62. The van der Waals surface area contributed by atoms with E-state index in [1.807, 2.05) is 23.1 Å². The molecule has 2 atom stereocenters. The third kappa shape index (κ3) is 3.05. The number of nitrogens with zero attached hydrogens (tertiary/aromatic N) is 2. The molecule has 0 saturated carbocycles. The minimum Gasteiger partial charge on any atom is -0.341 e. The van der Waals surface area contributed by atoms with Crippen molar-refractivity contribution >= 4 is 17.5 Å². The van der Waals surface area contributed by atoms with Gasteiger partial charge in [0.1, 0.15) is 0 Å². The fraction of sp³-hybridized carbons (Fsp3) is 0.579. The van der Waals surface area contributed by atoms with Crippen LogP contribution in [0.25, 0.3) is 0 Å². The zero-order valence-electron chi connectivity index (χ0n) is 14.0. The van der Waals surface area contributed by atoms with Crippen molar-refractivity contribution in [2.24, 2.45) is 0 Å². The summed E-state index contributed by atoms with van der Waals surface area (Å²) in [5.41, 5.74) is 2.19. The Bertz CT molecular complexity index is 645. The molecule has 128 valence electrons. The Morgan fingerprint density at radius 1 is 1.12 bits per heavy atom. The van der Waals surface area contributed by atoms with Gasteiger partial charge in [-0.15, -0.1) is 0 Å². The van der Waals surface area contributed by atoms with Crippen molar-refractivity contribution in [3.8, 4) is 0 Å². The number of para-hydroxylation sites is 1. The molecule has 0 aromatic heterocycles. The predicted octanol–water partition coefficient (Wildman–Crippen LogP) is 1.71. The lowest BCUT2D eigenvalue weighted by atomic mass is 10.0. The topological polar surface area (TPSA) is 52.7 Å². The van der Waals surface area contributed by atoms with Crippen LogP contribution in [0.5, 0.6) is 0 Å². The number of fused-ring (bicyclic) bond motifs is 3. The van der Waals surface area contributed by atoms with Crippen molar-refractivity contribution in [2.45, 2.75) is 50.6 Å². The highest BCUT2D eigenvalue weighted by molar-refractivity contribution is 5.97. The summed E-state index contributed by atoms with van der Waals surface area (Å²) in [5, 5.41) is 3.60. The zero-order chi connectivity index (χ0) is 16.5. The molecule has 1 aromatic carbocycles. The zero-order valence-corrected chi connectivity index (χ0v) is 14.0. The van der Waals surface area contributed by atoms with Gasteiger partial charge in [0.25, 0.3) is 0 Å². The summed E-state index contributed by atoms with van der Waals surface area (Å²) in [7, 11) is 0. The average molecular weight is 327 g/mol. The van der Waals surface area contributed by atoms with E-state index in [1.54, 1.807) is 4.90 Å². The first-order valence-corrected chi connectivity index (χ1v) is 9.13. The van der Waals surface area contributed by atoms with Crippen molar-refractivity contribution in [1.29, 1.82) is 0 Å². The van der Waals surface area contributed by atoms with Crippen LogP contribution in [0.1, 0.15) is 37.7 Å². The molecule has 0 radical (unpaired) electrons. The number of hydrogen-bond donors (Lipinski definition) is 1. The van der Waals surface area contributed by atoms with Gasteiger partial charge in [-0.2, -0.15) is 0 Å². The largest absolute Gasteiger partial charge is 0.341 e. The van der Waals surface area contributed by atoms with Gasteiger partial charge in [0.05, 0.1) is 0 Å². The SMILES string of the molecule is O=C(CCN1C(=O)CCc2ccccc21)N1CCC2CCC(C1)N2. The van der Waals surface area contributed by atoms with Crippen LogP contribution in [0.4, 0.5) is 5.69 Å². The van der Waals surface area contributed by atoms with Crippen molar-refractivity contribution in [2.75, 3.05) is 24.5 Å². The molecule has 24 heavy (non-hydrogen) atoms. The maximum absolute atomic E-state index is 12.6. The van der Waals surface area contributed by atoms with Crippen LogP contribution in [0, 0.1) is 0 Å². The number of anilines is 1. The number of carbonyl (C=O) groups is 2. The van der Waals surface area contributed by atoms with Gasteiger partial charge in [-0.3, -0.25) is 9.59 Å². The number of likely N-dealkylation sites (tertiary alicyclic amines) is 1. The van der Waals surface area contributed by atoms with Gasteiger partial charge in [0.2, 0.25) is 11.8 Å². The van der Waals surface area contributed by atoms with Gasteiger partial charge < -0.3 is 15.1 Å². The van der Waals surface area contributed by atoms with E-state index in [-0.39, 0.29) is 11.8 Å². The first-order chi connectivity index (χ1) is 11.7. The minimum atomic E-state index is 0.137. The molecule has 0 spiro atoms. The second kappa shape index (κ2) is 6.55. The van der Waals surface area contributed by atoms with Crippen molar-refractivity contribution in [1.82, 2.24) is 10.2 Å². The Morgan fingerprint density at radius 2 is 1.96 bits per heavy atom. The van der Waals surface area contributed by atoms with Crippen LogP contribution in [-0.2, 0) is 16.0 Å². The van der Waals surface area contributed by atoms with E-state index in [1.165, 1.54) is 18.4 Å². The molecule has 2 amide bonds. The monoisotopic (exact) mass is 327 g/mol. The first kappa shape index (κ1) is 15.6. The van der Waals surface area contributed by atoms with Crippen LogP contribution in [0.15, 0.2) is 24.3 Å². The first-order valence-electron chi connectivity index (χ1n) is 9.13. The minimum absolute atomic E-state index is 0.137. The maximum Gasteiger partial charge on any atom is 0.227 e. The van der Waals surface area contributed by atoms with E-state index in [9.17, 15) is 9.59 Å². The molecule has 1 aromatic rings. The maximum atomic E-state index is 12.6. The van der Waals surface area contributed by atoms with Crippen LogP contribution in [0.2, 0.25) is 0 Å². The molecule has 4 rings (SSSR count). The van der Waals surface area contributed by atoms with Crippen LogP contribution >= 0.6 is 0 Å². The van der Waals surface area contributed by atoms with Crippen LogP contribution in [-0.4, -0.2) is 48.4 Å². The summed E-state index contributed by atoms with van der Waals surface area (Å²) in [6.45, 7) is 2.16. The molecule has 2 fully saturated rings. The Labute approximate surface area is 143 Å². The molecule has 3 aliphatic rings. The number of amides is 2. The van der Waals surface area contributed by atoms with E-state index in [0.717, 1.165) is 31.6 Å². The van der Waals surface area contributed by atoms with Gasteiger partial charge >= 0.3 is 0 Å². The number of rotatable bonds is 3. The summed E-state index contributed by atoms with van der Waals surface area (Å²) >= 11 is 0. The Balaban J connectivity index is 1.39. The second-order valence-corrected chi connectivity index (χ2v) is 7.19. The van der Waals surface area contributed by atoms with Crippen molar-refractivity contribution < 1.29 is 9.59 Å². The number of carbonyl (C=O) groups excluding carboxylic acids is 2. The molecular formula is C19H25N3O2. The quantitative estimate of drug-likeness (QED) is 0.919. The summed E-state index contributed by atoms with van der Waals surface area (Å²) in [6, 6.07) is 9.09. The van der Waals surface area contributed by atoms with Gasteiger partial charge in [-0.25, -0.2) is 0 Å². The molecular weight excluding hydrogens is 302 g/mol. The third-order valence-electron chi connectivity index (χ3n) is 5.62. The van der Waals surface area contributed by atoms with Gasteiger partial charge in [0, 0.05) is 50.2 Å². The summed E-state index contributed by atoms with van der Waals surface area (Å²) < 4.78 is 0. The Hall–Kier alpha value is -1.88. The summed E-state index contributed by atoms with van der Waals surface area (Å²) in [6.07, 6.45) is 5.23. The highest BCUT2D eigenvalue weighted by atomic mass is 16.2. The van der Waals surface area contributed by atoms with Gasteiger partial charge in [-0.05, 0) is 37.3 Å². The van der Waals surface area contributed by atoms with Crippen molar-refractivity contribution in [3.05, 3.63) is 29.8 Å². The molecule has 5 nitrogen and oxygen atoms in total. The Morgan fingerprint density at radius 3 is 2.88 bits per heavy atom. The van der Waals surface area contributed by atoms with E-state index < -0.39 is 0 Å². The number of nitrogens with one attached hydrogen (secondary N) is 1. The van der Waals surface area contributed by atoms with E-state index >= 15 is 0 Å². The molecule has 2 unspecified atom stereocenters. The molecule has 2 bridgehead atoms. The molecule has 2 saturated heterocycles. The molecule has 1 N–H and O–H groups in total. The fourth-order valence-corrected chi connectivity index (χ4v) is 4.28. The lowest BCUT2D eigenvalue weighted by molar-refractivity contribution is -0.131. The lowest BCUT2D eigenvalue weighted by Crippen LogP contribution is -2.42. The fourth-order valence-electron chi connectivity index (χ4n) is 4.28. The lowest BCUT2D eigenvalue weighted by Gasteiger charge is -2.30. The Kier molecular flexibility index (Phi) is 4.27. The number of hydrogen-bond acceptors (Lipinski definition) is 3. The average Bonchev–Trinajstić information content (AvgIpc) is 2.92. The molecule has 0 aliphatic carbocycles. The van der Waals surface area contributed by atoms with Crippen molar-refractivity contribution in [3.63, 3.8) is 0 Å². The van der Waals surface area contributed by atoms with Crippen LogP contribution < -0.4 is 10.2 Å². The van der Waals surface area contributed by atoms with E-state index in [2.05, 4.69) is 11.4 Å². The molecule has 5 heteroatoms. The van der Waals surface area contributed by atoms with Gasteiger partial charge in [-0.1, -0.05) is 18.2 Å². The number of benzene rings is 1. The summed E-state index contributed by atoms with van der Waals surface area (Å²) in [5.74, 6) is 0.318. The second-order valence-electron chi connectivity index (χ2n) is 7.19. The number of aryl methyl sites for hydroxylation is 1. The molecule has 3 aliphatic heterocycles. The van der Waals surface area contributed by atoms with Crippen LogP contribution in [0.3, 0.4) is 0 Å². The standard InChI is InChI=1S/C19H25N3O2/c23-18(21-11-9-15-6-7-16(13-21)20-15)10-12-22-17-4-2-1-3-14(17)5-8-19(22)24/h1-4,15-16,20H,5-13H2. The van der Waals surface area contributed by atoms with E-state index in [4.69, 9.17) is 0 Å². The molecule has 3 heterocycles.